The first-order chi connectivity index (χ1) is 15.6. The van der Waals surface area contributed by atoms with Crippen LogP contribution in [0, 0.1) is 0 Å². The van der Waals surface area contributed by atoms with Gasteiger partial charge in [-0.1, -0.05) is 6.92 Å². The minimum atomic E-state index is -4.63. The summed E-state index contributed by atoms with van der Waals surface area (Å²) in [6.07, 6.45) is -2.26. The monoisotopic (exact) mass is 467 g/mol. The number of nitrogen functional groups attached to an aromatic ring is 1. The summed E-state index contributed by atoms with van der Waals surface area (Å²) in [5.41, 5.74) is 9.11. The van der Waals surface area contributed by atoms with E-state index >= 15 is 0 Å². The highest BCUT2D eigenvalue weighted by atomic mass is 19.4. The molecule has 5 N–H and O–H groups in total. The van der Waals surface area contributed by atoms with Crippen LogP contribution in [0.3, 0.4) is 0 Å². The summed E-state index contributed by atoms with van der Waals surface area (Å²) < 4.78 is 46.4. The summed E-state index contributed by atoms with van der Waals surface area (Å²) >= 11 is 0. The van der Waals surface area contributed by atoms with Crippen LogP contribution in [0.15, 0.2) is 18.3 Å². The molecule has 2 aliphatic rings. The van der Waals surface area contributed by atoms with Crippen LogP contribution in [-0.4, -0.2) is 53.7 Å². The number of nitrogens with two attached hydrogens (primary N) is 2. The molecule has 180 valence electrons. The van der Waals surface area contributed by atoms with E-state index in [0.29, 0.717) is 50.8 Å². The van der Waals surface area contributed by atoms with Gasteiger partial charge in [0.15, 0.2) is 0 Å². The fourth-order valence-corrected chi connectivity index (χ4v) is 3.54. The third-order valence-corrected chi connectivity index (χ3v) is 5.17. The van der Waals surface area contributed by atoms with Gasteiger partial charge in [0.2, 0.25) is 11.9 Å². The van der Waals surface area contributed by atoms with Crippen LogP contribution in [0.2, 0.25) is 0 Å². The summed E-state index contributed by atoms with van der Waals surface area (Å²) in [6, 6.07) is 2.29. The minimum Gasteiger partial charge on any atom is -0.384 e. The van der Waals surface area contributed by atoms with Crippen LogP contribution in [0.4, 0.5) is 24.9 Å². The number of pyridine rings is 1. The van der Waals surface area contributed by atoms with Gasteiger partial charge >= 0.3 is 6.18 Å². The first-order valence-electron chi connectivity index (χ1n) is 10.6. The Labute approximate surface area is 189 Å². The predicted molar refractivity (Wildman–Crippen MR) is 117 cm³/mol. The standard InChI is InChI=1S/C19H21F3N6O2.C2H7N/c1-11(29)27-18(2-3-18)15-9-14(25-17(26-15)28-4-6-30-7-5-28)12-10-24-16(23)8-13(12)19(20,21)22;1-2-3/h8-10H,2-7H2,1H3,(H2,23,24)(H,27,29);2-3H2,1H3. The molecule has 1 amide bonds. The summed E-state index contributed by atoms with van der Waals surface area (Å²) in [7, 11) is 0. The molecule has 0 spiro atoms. The first kappa shape index (κ1) is 24.6. The van der Waals surface area contributed by atoms with E-state index in [9.17, 15) is 18.0 Å². The number of rotatable bonds is 4. The van der Waals surface area contributed by atoms with E-state index in [2.05, 4.69) is 20.3 Å². The van der Waals surface area contributed by atoms with E-state index in [4.69, 9.17) is 16.2 Å². The summed E-state index contributed by atoms with van der Waals surface area (Å²) in [5.74, 6) is -0.163. The third-order valence-electron chi connectivity index (χ3n) is 5.17. The fraction of sp³-hybridized carbons (Fsp3) is 0.524. The zero-order valence-corrected chi connectivity index (χ0v) is 18.6. The highest BCUT2D eigenvalue weighted by Crippen LogP contribution is 2.46. The van der Waals surface area contributed by atoms with Crippen molar-refractivity contribution in [1.82, 2.24) is 20.3 Å². The summed E-state index contributed by atoms with van der Waals surface area (Å²) in [6.45, 7) is 6.02. The predicted octanol–water partition coefficient (Wildman–Crippen LogP) is 2.07. The lowest BCUT2D eigenvalue weighted by Crippen LogP contribution is -2.39. The molecule has 12 heteroatoms. The molecule has 0 aromatic carbocycles. The third kappa shape index (κ3) is 5.88. The number of nitrogens with one attached hydrogen (secondary N) is 1. The molecule has 3 heterocycles. The van der Waals surface area contributed by atoms with Crippen LogP contribution >= 0.6 is 0 Å². The highest BCUT2D eigenvalue weighted by molar-refractivity contribution is 5.75. The molecule has 2 aromatic rings. The van der Waals surface area contributed by atoms with Crippen molar-refractivity contribution < 1.29 is 22.7 Å². The van der Waals surface area contributed by atoms with Gasteiger partial charge in [-0.05, 0) is 31.5 Å². The van der Waals surface area contributed by atoms with Crippen molar-refractivity contribution >= 4 is 17.7 Å². The van der Waals surface area contributed by atoms with Gasteiger partial charge in [0, 0.05) is 31.8 Å². The average Bonchev–Trinajstić information content (AvgIpc) is 3.54. The van der Waals surface area contributed by atoms with Crippen LogP contribution in [0.5, 0.6) is 0 Å². The number of carbonyl (C=O) groups excluding carboxylic acids is 1. The lowest BCUT2D eigenvalue weighted by Gasteiger charge is -2.28. The number of anilines is 2. The Kier molecular flexibility index (Phi) is 7.38. The molecule has 9 nitrogen and oxygen atoms in total. The van der Waals surface area contributed by atoms with Gasteiger partial charge in [-0.25, -0.2) is 15.0 Å². The molecule has 33 heavy (non-hydrogen) atoms. The second kappa shape index (κ2) is 9.87. The maximum Gasteiger partial charge on any atom is 0.417 e. The zero-order chi connectivity index (χ0) is 24.2. The molecule has 2 fully saturated rings. The lowest BCUT2D eigenvalue weighted by molar-refractivity contribution is -0.137. The number of nitrogens with zero attached hydrogens (tertiary/aromatic N) is 4. The Morgan fingerprint density at radius 2 is 1.88 bits per heavy atom. The van der Waals surface area contributed by atoms with E-state index in [-0.39, 0.29) is 23.0 Å². The second-order valence-corrected chi connectivity index (χ2v) is 7.86. The Bertz CT molecular complexity index is 990. The smallest absolute Gasteiger partial charge is 0.384 e. The molecule has 1 aliphatic carbocycles. The Balaban J connectivity index is 0.000000968. The molecular formula is C21H28F3N7O2. The van der Waals surface area contributed by atoms with E-state index in [1.54, 1.807) is 0 Å². The number of ether oxygens (including phenoxy) is 1. The van der Waals surface area contributed by atoms with Crippen molar-refractivity contribution in [3.8, 4) is 11.3 Å². The molecule has 0 radical (unpaired) electrons. The molecule has 0 bridgehead atoms. The average molecular weight is 467 g/mol. The van der Waals surface area contributed by atoms with Crippen molar-refractivity contribution in [1.29, 1.82) is 0 Å². The van der Waals surface area contributed by atoms with E-state index in [0.717, 1.165) is 18.8 Å². The number of hydrogen-bond acceptors (Lipinski definition) is 8. The molecule has 1 saturated heterocycles. The molecule has 2 aromatic heterocycles. The van der Waals surface area contributed by atoms with E-state index in [1.807, 2.05) is 11.8 Å². The van der Waals surface area contributed by atoms with Crippen LogP contribution in [0.1, 0.15) is 37.9 Å². The maximum absolute atomic E-state index is 13.7. The van der Waals surface area contributed by atoms with E-state index < -0.39 is 17.3 Å². The molecule has 4 rings (SSSR count). The number of morpholine rings is 1. The molecule has 0 unspecified atom stereocenters. The van der Waals surface area contributed by atoms with Crippen molar-refractivity contribution in [2.75, 3.05) is 43.5 Å². The molecule has 1 aliphatic heterocycles. The van der Waals surface area contributed by atoms with Crippen LogP contribution in [-0.2, 0) is 21.2 Å². The zero-order valence-electron chi connectivity index (χ0n) is 18.6. The van der Waals surface area contributed by atoms with Crippen molar-refractivity contribution in [3.63, 3.8) is 0 Å². The second-order valence-electron chi connectivity index (χ2n) is 7.86. The number of alkyl halides is 3. The largest absolute Gasteiger partial charge is 0.417 e. The fourth-order valence-electron chi connectivity index (χ4n) is 3.54. The topological polar surface area (TPSA) is 132 Å². The SMILES string of the molecule is CC(=O)NC1(c2cc(-c3cnc(N)cc3C(F)(F)F)nc(N3CCOCC3)n2)CC1.CCN. The van der Waals surface area contributed by atoms with E-state index in [1.165, 1.54) is 13.0 Å². The summed E-state index contributed by atoms with van der Waals surface area (Å²) in [5, 5.41) is 2.88. The van der Waals surface area contributed by atoms with Crippen molar-refractivity contribution in [2.45, 2.75) is 38.4 Å². The number of halogens is 3. The van der Waals surface area contributed by atoms with Gasteiger partial charge in [0.05, 0.1) is 35.7 Å². The van der Waals surface area contributed by atoms with Crippen molar-refractivity contribution in [3.05, 3.63) is 29.6 Å². The molecular weight excluding hydrogens is 439 g/mol. The van der Waals surface area contributed by atoms with Gasteiger partial charge in [-0.15, -0.1) is 0 Å². The number of amides is 1. The van der Waals surface area contributed by atoms with Gasteiger partial charge in [0.1, 0.15) is 5.82 Å². The van der Waals surface area contributed by atoms with Crippen LogP contribution in [0.25, 0.3) is 11.3 Å². The van der Waals surface area contributed by atoms with Gasteiger partial charge in [0.25, 0.3) is 0 Å². The van der Waals surface area contributed by atoms with Gasteiger partial charge < -0.3 is 26.4 Å². The van der Waals surface area contributed by atoms with Crippen molar-refractivity contribution in [2.24, 2.45) is 5.73 Å². The van der Waals surface area contributed by atoms with Gasteiger partial charge in [-0.2, -0.15) is 13.2 Å². The van der Waals surface area contributed by atoms with Crippen LogP contribution < -0.4 is 21.7 Å². The highest BCUT2D eigenvalue weighted by Gasteiger charge is 2.47. The Hall–Kier alpha value is -2.99. The first-order valence-corrected chi connectivity index (χ1v) is 10.6. The lowest BCUT2D eigenvalue weighted by atomic mass is 10.0. The molecule has 1 saturated carbocycles. The molecule has 0 atom stereocenters. The Morgan fingerprint density at radius 1 is 1.24 bits per heavy atom. The van der Waals surface area contributed by atoms with Gasteiger partial charge in [-0.3, -0.25) is 4.79 Å². The number of hydrogen-bond donors (Lipinski definition) is 3. The quantitative estimate of drug-likeness (QED) is 0.623. The normalized spacial score (nSPS) is 17.1. The maximum atomic E-state index is 13.7. The number of aromatic nitrogens is 3. The summed E-state index contributed by atoms with van der Waals surface area (Å²) in [4.78, 5) is 26.4. The Morgan fingerprint density at radius 3 is 2.42 bits per heavy atom. The minimum absolute atomic E-state index is 0.0814. The number of carbonyl (C=O) groups is 1.